The van der Waals surface area contributed by atoms with Gasteiger partial charge in [-0.05, 0) is 53.2 Å². The maximum absolute atomic E-state index is 11.6. The van der Waals surface area contributed by atoms with Crippen LogP contribution in [0.15, 0.2) is 28.9 Å². The second kappa shape index (κ2) is 6.07. The highest BCUT2D eigenvalue weighted by Crippen LogP contribution is 2.39. The maximum atomic E-state index is 11.6. The lowest BCUT2D eigenvalue weighted by atomic mass is 9.94. The molecule has 2 rings (SSSR count). The van der Waals surface area contributed by atoms with Crippen LogP contribution in [-0.4, -0.2) is 12.2 Å². The Labute approximate surface area is 126 Å². The summed E-state index contributed by atoms with van der Waals surface area (Å²) in [6.45, 7) is 6.36. The molecule has 0 aliphatic carbocycles. The monoisotopic (exact) mass is 305 g/mol. The highest BCUT2D eigenvalue weighted by Gasteiger charge is 2.18. The number of thioether (sulfide) groups is 1. The van der Waals surface area contributed by atoms with Gasteiger partial charge in [-0.15, -0.1) is 20.0 Å². The van der Waals surface area contributed by atoms with E-state index in [2.05, 4.69) is 51.0 Å². The van der Waals surface area contributed by atoms with Crippen LogP contribution in [-0.2, 0) is 0 Å². The molecule has 0 radical (unpaired) electrons. The summed E-state index contributed by atoms with van der Waals surface area (Å²) in [5.74, 6) is 2.18. The van der Waals surface area contributed by atoms with Crippen molar-refractivity contribution in [1.29, 1.82) is 0 Å². The van der Waals surface area contributed by atoms with Crippen LogP contribution in [0.25, 0.3) is 11.1 Å². The van der Waals surface area contributed by atoms with Gasteiger partial charge in [0.25, 0.3) is 5.91 Å². The molecule has 0 spiro atoms. The smallest absolute Gasteiger partial charge is 0.252 e. The topological polar surface area (TPSA) is 43.1 Å². The number of carbonyl (C=O) groups is 1. The van der Waals surface area contributed by atoms with Gasteiger partial charge in [0, 0.05) is 4.90 Å². The predicted molar refractivity (Wildman–Crippen MR) is 90.5 cm³/mol. The van der Waals surface area contributed by atoms with Crippen molar-refractivity contribution in [3.8, 4) is 11.1 Å². The third kappa shape index (κ3) is 2.79. The first kappa shape index (κ1) is 15.2. The summed E-state index contributed by atoms with van der Waals surface area (Å²) in [6, 6.07) is 6.50. The van der Waals surface area contributed by atoms with Crippen molar-refractivity contribution < 1.29 is 4.79 Å². The fraction of sp³-hybridized carbons (Fsp3) is 0.312. The van der Waals surface area contributed by atoms with Crippen LogP contribution in [0, 0.1) is 6.92 Å². The first-order valence-electron chi connectivity index (χ1n) is 6.61. The summed E-state index contributed by atoms with van der Waals surface area (Å²) in [6.07, 6.45) is 2.09. The van der Waals surface area contributed by atoms with Crippen LogP contribution in [0.4, 0.5) is 0 Å². The summed E-state index contributed by atoms with van der Waals surface area (Å²) >= 11 is 1.76. The van der Waals surface area contributed by atoms with Gasteiger partial charge in [0.2, 0.25) is 0 Å². The second-order valence-electron chi connectivity index (χ2n) is 5.19. The molecule has 4 heteroatoms. The zero-order valence-corrected chi connectivity index (χ0v) is 14.1. The Hall–Kier alpha value is -1.18. The molecule has 1 unspecified atom stereocenters. The Morgan fingerprint density at radius 2 is 2.05 bits per heavy atom. The molecule has 2 aromatic rings. The van der Waals surface area contributed by atoms with E-state index in [4.69, 9.17) is 5.73 Å². The first-order chi connectivity index (χ1) is 9.45. The average molecular weight is 305 g/mol. The minimum Gasteiger partial charge on any atom is -0.365 e. The molecule has 2 N–H and O–H groups in total. The fourth-order valence-corrected chi connectivity index (χ4v) is 4.44. The Morgan fingerprint density at radius 3 is 2.55 bits per heavy atom. The molecule has 0 fully saturated rings. The molecular formula is C16H20NOPS. The van der Waals surface area contributed by atoms with Crippen molar-refractivity contribution in [2.45, 2.75) is 31.6 Å². The highest BCUT2D eigenvalue weighted by atomic mass is 32.2. The molecule has 0 saturated heterocycles. The second-order valence-corrected chi connectivity index (χ2v) is 7.12. The van der Waals surface area contributed by atoms with Crippen LogP contribution in [0.5, 0.6) is 0 Å². The van der Waals surface area contributed by atoms with E-state index >= 15 is 0 Å². The zero-order chi connectivity index (χ0) is 14.9. The number of rotatable bonds is 4. The van der Waals surface area contributed by atoms with Crippen LogP contribution in [0.1, 0.15) is 41.0 Å². The standard InChI is InChI=1S/C16H20NOPS/c1-9(2)14-12(8-19-15(14)16(17)18)11-5-6-13(20-4)10(3)7-11/h5-9,19H,1-4H3,(H2,17,18). The molecule has 1 amide bonds. The molecule has 0 saturated carbocycles. The lowest BCUT2D eigenvalue weighted by Crippen LogP contribution is -2.11. The van der Waals surface area contributed by atoms with Crippen molar-refractivity contribution in [2.24, 2.45) is 5.73 Å². The van der Waals surface area contributed by atoms with Crippen molar-refractivity contribution in [2.75, 3.05) is 6.26 Å². The number of benzene rings is 1. The van der Waals surface area contributed by atoms with Gasteiger partial charge < -0.3 is 5.73 Å². The minimum absolute atomic E-state index is 0.282. The van der Waals surface area contributed by atoms with E-state index in [1.165, 1.54) is 21.6 Å². The Morgan fingerprint density at radius 1 is 1.35 bits per heavy atom. The van der Waals surface area contributed by atoms with Crippen LogP contribution in [0.2, 0.25) is 0 Å². The summed E-state index contributed by atoms with van der Waals surface area (Å²) < 4.78 is 0. The molecule has 1 aromatic heterocycles. The molecule has 2 nitrogen and oxygen atoms in total. The first-order valence-corrected chi connectivity index (χ1v) is 8.92. The number of nitrogens with two attached hydrogens (primary N) is 1. The fourth-order valence-electron chi connectivity index (χ4n) is 2.52. The Kier molecular flexibility index (Phi) is 4.62. The van der Waals surface area contributed by atoms with E-state index in [1.807, 2.05) is 0 Å². The van der Waals surface area contributed by atoms with Gasteiger partial charge in [-0.2, -0.15) is 0 Å². The average Bonchev–Trinajstić information content (AvgIpc) is 2.83. The third-order valence-electron chi connectivity index (χ3n) is 3.45. The van der Waals surface area contributed by atoms with Crippen LogP contribution in [0.3, 0.4) is 0 Å². The number of hydrogen-bond donors (Lipinski definition) is 1. The van der Waals surface area contributed by atoms with Gasteiger partial charge in [0.15, 0.2) is 0 Å². The number of amides is 1. The van der Waals surface area contributed by atoms with Crippen molar-refractivity contribution in [3.63, 3.8) is 0 Å². The summed E-state index contributed by atoms with van der Waals surface area (Å²) in [5.41, 5.74) is 10.3. The van der Waals surface area contributed by atoms with Crippen molar-refractivity contribution in [1.82, 2.24) is 0 Å². The van der Waals surface area contributed by atoms with E-state index in [9.17, 15) is 4.79 Å². The van der Waals surface area contributed by atoms with Crippen LogP contribution >= 0.6 is 20.0 Å². The van der Waals surface area contributed by atoms with Gasteiger partial charge in [0.1, 0.15) is 0 Å². The third-order valence-corrected chi connectivity index (χ3v) is 5.59. The molecule has 0 aliphatic heterocycles. The normalized spacial score (nSPS) is 11.4. The number of aryl methyl sites for hydroxylation is 1. The largest absolute Gasteiger partial charge is 0.365 e. The summed E-state index contributed by atoms with van der Waals surface area (Å²) in [7, 11) is 0.391. The number of primary amides is 1. The summed E-state index contributed by atoms with van der Waals surface area (Å²) in [5, 5.41) is 0.793. The van der Waals surface area contributed by atoms with E-state index < -0.39 is 0 Å². The molecule has 0 bridgehead atoms. The summed E-state index contributed by atoms with van der Waals surface area (Å²) in [4.78, 5) is 12.9. The number of carbonyl (C=O) groups excluding carboxylic acids is 1. The van der Waals surface area contributed by atoms with Crippen molar-refractivity contribution in [3.05, 3.63) is 40.4 Å². The SMILES string of the molecule is CSc1ccc(-c2c[pH]c(C(N)=O)c2C(C)C)cc1C. The number of hydrogen-bond acceptors (Lipinski definition) is 2. The van der Waals surface area contributed by atoms with Crippen LogP contribution < -0.4 is 5.73 Å². The van der Waals surface area contributed by atoms with E-state index in [0.717, 1.165) is 10.9 Å². The van der Waals surface area contributed by atoms with Crippen molar-refractivity contribution >= 4 is 25.9 Å². The van der Waals surface area contributed by atoms with E-state index in [1.54, 1.807) is 11.8 Å². The molecule has 0 aliphatic rings. The molecule has 1 atom stereocenters. The molecule has 1 heterocycles. The molecular weight excluding hydrogens is 285 g/mol. The Balaban J connectivity index is 2.58. The zero-order valence-electron chi connectivity index (χ0n) is 12.3. The molecule has 1 aromatic carbocycles. The molecule has 106 valence electrons. The minimum atomic E-state index is -0.282. The van der Waals surface area contributed by atoms with E-state index in [0.29, 0.717) is 14.1 Å². The van der Waals surface area contributed by atoms with Gasteiger partial charge in [-0.3, -0.25) is 4.79 Å². The Bertz CT molecular complexity index is 646. The highest BCUT2D eigenvalue weighted by molar-refractivity contribution is 7.98. The van der Waals surface area contributed by atoms with Gasteiger partial charge in [-0.1, -0.05) is 26.0 Å². The van der Waals surface area contributed by atoms with Gasteiger partial charge >= 0.3 is 0 Å². The maximum Gasteiger partial charge on any atom is 0.252 e. The predicted octanol–water partition coefficient (Wildman–Crippen LogP) is 4.64. The molecule has 20 heavy (non-hydrogen) atoms. The lowest BCUT2D eigenvalue weighted by Gasteiger charge is -2.12. The van der Waals surface area contributed by atoms with E-state index in [-0.39, 0.29) is 5.91 Å². The van der Waals surface area contributed by atoms with Gasteiger partial charge in [0.05, 0.1) is 5.30 Å². The lowest BCUT2D eigenvalue weighted by molar-refractivity contribution is 0.100. The van der Waals surface area contributed by atoms with Gasteiger partial charge in [-0.25, -0.2) is 0 Å². The quantitative estimate of drug-likeness (QED) is 0.836.